The number of aliphatic carboxylic acids is 1. The van der Waals surface area contributed by atoms with Gasteiger partial charge in [0.25, 0.3) is 0 Å². The van der Waals surface area contributed by atoms with Gasteiger partial charge in [0.05, 0.1) is 6.61 Å². The molecule has 0 radical (unpaired) electrons. The molecule has 0 aromatic heterocycles. The summed E-state index contributed by atoms with van der Waals surface area (Å²) in [4.78, 5) is 13.2. The number of nitrogens with zero attached hydrogens (tertiary/aromatic N) is 1. The van der Waals surface area contributed by atoms with Crippen molar-refractivity contribution in [3.63, 3.8) is 0 Å². The van der Waals surface area contributed by atoms with E-state index in [1.807, 2.05) is 0 Å². The van der Waals surface area contributed by atoms with Gasteiger partial charge in [-0.15, -0.1) is 0 Å². The second-order valence-corrected chi connectivity index (χ2v) is 4.72. The second kappa shape index (κ2) is 7.63. The first-order valence-electron chi connectivity index (χ1n) is 6.30. The van der Waals surface area contributed by atoms with Gasteiger partial charge in [0, 0.05) is 26.2 Å². The van der Waals surface area contributed by atoms with Gasteiger partial charge in [-0.1, -0.05) is 12.8 Å². The van der Waals surface area contributed by atoms with Gasteiger partial charge in [-0.3, -0.25) is 4.79 Å². The van der Waals surface area contributed by atoms with Crippen LogP contribution in [0.4, 0.5) is 0 Å². The van der Waals surface area contributed by atoms with E-state index in [0.29, 0.717) is 12.6 Å². The maximum atomic E-state index is 10.9. The Bertz CT molecular complexity index is 230. The predicted molar refractivity (Wildman–Crippen MR) is 66.2 cm³/mol. The molecule has 5 heteroatoms. The van der Waals surface area contributed by atoms with Gasteiger partial charge in [-0.05, 0) is 19.9 Å². The molecule has 1 saturated carbocycles. The lowest BCUT2D eigenvalue weighted by Crippen LogP contribution is -2.44. The van der Waals surface area contributed by atoms with E-state index in [-0.39, 0.29) is 6.61 Å². The Balaban J connectivity index is 2.18. The van der Waals surface area contributed by atoms with Gasteiger partial charge >= 0.3 is 5.97 Å². The summed E-state index contributed by atoms with van der Waals surface area (Å²) in [5.41, 5.74) is 0. The zero-order chi connectivity index (χ0) is 12.7. The number of likely N-dealkylation sites (N-methyl/N-ethyl adjacent to an activating group) is 1. The Kier molecular flexibility index (Phi) is 6.47. The molecule has 0 aromatic carbocycles. The molecule has 0 heterocycles. The SMILES string of the molecule is COCC(NCCN(C)C1CCCC1)C(=O)O. The quantitative estimate of drug-likeness (QED) is 0.653. The highest BCUT2D eigenvalue weighted by atomic mass is 16.5. The summed E-state index contributed by atoms with van der Waals surface area (Å²) in [7, 11) is 3.63. The predicted octanol–water partition coefficient (Wildman–Crippen LogP) is 0.550. The van der Waals surface area contributed by atoms with Crippen molar-refractivity contribution >= 4 is 5.97 Å². The molecule has 17 heavy (non-hydrogen) atoms. The maximum absolute atomic E-state index is 10.9. The normalized spacial score (nSPS) is 18.8. The van der Waals surface area contributed by atoms with Gasteiger partial charge in [-0.25, -0.2) is 0 Å². The van der Waals surface area contributed by atoms with Crippen molar-refractivity contribution in [1.82, 2.24) is 10.2 Å². The number of hydrogen-bond acceptors (Lipinski definition) is 4. The van der Waals surface area contributed by atoms with E-state index in [1.54, 1.807) is 0 Å². The molecule has 1 fully saturated rings. The summed E-state index contributed by atoms with van der Waals surface area (Å²) in [6.07, 6.45) is 5.20. The summed E-state index contributed by atoms with van der Waals surface area (Å²) in [6, 6.07) is 0.0829. The largest absolute Gasteiger partial charge is 0.480 e. The van der Waals surface area contributed by atoms with Crippen molar-refractivity contribution in [2.45, 2.75) is 37.8 Å². The number of rotatable bonds is 8. The van der Waals surface area contributed by atoms with Gasteiger partial charge in [0.2, 0.25) is 0 Å². The lowest BCUT2D eigenvalue weighted by atomic mass is 10.2. The number of carboxylic acids is 1. The van der Waals surface area contributed by atoms with Crippen LogP contribution in [-0.2, 0) is 9.53 Å². The van der Waals surface area contributed by atoms with Crippen LogP contribution in [0.25, 0.3) is 0 Å². The first-order chi connectivity index (χ1) is 8.15. The number of nitrogens with one attached hydrogen (secondary N) is 1. The molecule has 2 N–H and O–H groups in total. The third kappa shape index (κ3) is 5.02. The number of carbonyl (C=O) groups is 1. The molecule has 1 aliphatic carbocycles. The Morgan fingerprint density at radius 3 is 2.71 bits per heavy atom. The van der Waals surface area contributed by atoms with Crippen LogP contribution < -0.4 is 5.32 Å². The van der Waals surface area contributed by atoms with Crippen molar-refractivity contribution in [1.29, 1.82) is 0 Å². The molecule has 0 aromatic rings. The third-order valence-corrected chi connectivity index (χ3v) is 3.43. The Hall–Kier alpha value is -0.650. The standard InChI is InChI=1S/C12H24N2O3/c1-14(10-5-3-4-6-10)8-7-13-11(9-17-2)12(15)16/h10-11,13H,3-9H2,1-2H3,(H,15,16). The first-order valence-corrected chi connectivity index (χ1v) is 6.30. The molecular weight excluding hydrogens is 220 g/mol. The van der Waals surface area contributed by atoms with Crippen molar-refractivity contribution < 1.29 is 14.6 Å². The Labute approximate surface area is 103 Å². The minimum atomic E-state index is -0.852. The van der Waals surface area contributed by atoms with Crippen LogP contribution in [0.15, 0.2) is 0 Å². The molecule has 1 rings (SSSR count). The molecule has 100 valence electrons. The molecule has 5 nitrogen and oxygen atoms in total. The highest BCUT2D eigenvalue weighted by Crippen LogP contribution is 2.21. The smallest absolute Gasteiger partial charge is 0.323 e. The fourth-order valence-corrected chi connectivity index (χ4v) is 2.33. The number of carboxylic acid groups (broad SMARTS) is 1. The Morgan fingerprint density at radius 2 is 2.18 bits per heavy atom. The van der Waals surface area contributed by atoms with Crippen LogP contribution in [0.2, 0.25) is 0 Å². The average Bonchev–Trinajstić information content (AvgIpc) is 2.81. The number of ether oxygens (including phenoxy) is 1. The van der Waals surface area contributed by atoms with E-state index in [2.05, 4.69) is 17.3 Å². The van der Waals surface area contributed by atoms with Crippen molar-refractivity contribution in [2.24, 2.45) is 0 Å². The van der Waals surface area contributed by atoms with Gasteiger partial charge < -0.3 is 20.1 Å². The maximum Gasteiger partial charge on any atom is 0.323 e. The fourth-order valence-electron chi connectivity index (χ4n) is 2.33. The fraction of sp³-hybridized carbons (Fsp3) is 0.917. The summed E-state index contributed by atoms with van der Waals surface area (Å²) in [5, 5.41) is 11.9. The topological polar surface area (TPSA) is 61.8 Å². The van der Waals surface area contributed by atoms with Gasteiger partial charge in [0.15, 0.2) is 0 Å². The molecule has 0 amide bonds. The summed E-state index contributed by atoms with van der Waals surface area (Å²) in [5.74, 6) is -0.852. The van der Waals surface area contributed by atoms with E-state index in [9.17, 15) is 4.79 Å². The van der Waals surface area contributed by atoms with E-state index in [1.165, 1.54) is 32.8 Å². The molecule has 0 saturated heterocycles. The van der Waals surface area contributed by atoms with E-state index >= 15 is 0 Å². The van der Waals surface area contributed by atoms with E-state index in [4.69, 9.17) is 9.84 Å². The van der Waals surface area contributed by atoms with Crippen LogP contribution >= 0.6 is 0 Å². The highest BCUT2D eigenvalue weighted by Gasteiger charge is 2.20. The molecule has 0 spiro atoms. The summed E-state index contributed by atoms with van der Waals surface area (Å²) in [6.45, 7) is 1.79. The average molecular weight is 244 g/mol. The van der Waals surface area contributed by atoms with E-state index < -0.39 is 12.0 Å². The second-order valence-electron chi connectivity index (χ2n) is 4.72. The van der Waals surface area contributed by atoms with Crippen LogP contribution in [-0.4, -0.2) is 61.9 Å². The third-order valence-electron chi connectivity index (χ3n) is 3.43. The zero-order valence-corrected chi connectivity index (χ0v) is 10.8. The number of methoxy groups -OCH3 is 1. The van der Waals surface area contributed by atoms with Crippen LogP contribution in [0.1, 0.15) is 25.7 Å². The van der Waals surface area contributed by atoms with Crippen molar-refractivity contribution in [3.05, 3.63) is 0 Å². The minimum absolute atomic E-state index is 0.211. The van der Waals surface area contributed by atoms with Crippen LogP contribution in [0.5, 0.6) is 0 Å². The van der Waals surface area contributed by atoms with Crippen molar-refractivity contribution in [3.8, 4) is 0 Å². The van der Waals surface area contributed by atoms with E-state index in [0.717, 1.165) is 6.54 Å². The molecule has 1 aliphatic rings. The Morgan fingerprint density at radius 1 is 1.53 bits per heavy atom. The lowest BCUT2D eigenvalue weighted by molar-refractivity contribution is -0.140. The minimum Gasteiger partial charge on any atom is -0.480 e. The molecule has 1 unspecified atom stereocenters. The van der Waals surface area contributed by atoms with Gasteiger partial charge in [-0.2, -0.15) is 0 Å². The van der Waals surface area contributed by atoms with Crippen LogP contribution in [0, 0.1) is 0 Å². The first kappa shape index (κ1) is 14.4. The monoisotopic (exact) mass is 244 g/mol. The number of hydrogen-bond donors (Lipinski definition) is 2. The lowest BCUT2D eigenvalue weighted by Gasteiger charge is -2.24. The molecule has 1 atom stereocenters. The molecule has 0 aliphatic heterocycles. The molecular formula is C12H24N2O3. The zero-order valence-electron chi connectivity index (χ0n) is 10.8. The van der Waals surface area contributed by atoms with Gasteiger partial charge in [0.1, 0.15) is 6.04 Å². The van der Waals surface area contributed by atoms with Crippen LogP contribution in [0.3, 0.4) is 0 Å². The van der Waals surface area contributed by atoms with Crippen molar-refractivity contribution in [2.75, 3.05) is 33.9 Å². The highest BCUT2D eigenvalue weighted by molar-refractivity contribution is 5.73. The summed E-state index contributed by atoms with van der Waals surface area (Å²) >= 11 is 0. The summed E-state index contributed by atoms with van der Waals surface area (Å²) < 4.78 is 4.87. The molecule has 0 bridgehead atoms.